The van der Waals surface area contributed by atoms with Gasteiger partial charge in [-0.25, -0.2) is 0 Å². The molecule has 2 aliphatic rings. The molecular weight excluding hydrogens is 355 g/mol. The van der Waals surface area contributed by atoms with Crippen molar-refractivity contribution in [1.29, 1.82) is 0 Å². The average Bonchev–Trinajstić information content (AvgIpc) is 2.85. The molecule has 0 aromatic heterocycles. The number of hydrogen-bond acceptors (Lipinski definition) is 0. The van der Waals surface area contributed by atoms with Crippen molar-refractivity contribution in [3.63, 3.8) is 0 Å². The van der Waals surface area contributed by atoms with Crippen molar-refractivity contribution in [2.75, 3.05) is 0 Å². The van der Waals surface area contributed by atoms with Crippen LogP contribution in [0.5, 0.6) is 0 Å². The van der Waals surface area contributed by atoms with Crippen molar-refractivity contribution in [3.05, 3.63) is 42.9 Å². The van der Waals surface area contributed by atoms with E-state index in [4.69, 9.17) is 0 Å². The molecule has 2 aliphatic carbocycles. The van der Waals surface area contributed by atoms with Gasteiger partial charge in [0.05, 0.1) is 0 Å². The van der Waals surface area contributed by atoms with E-state index in [0.717, 1.165) is 5.54 Å². The Morgan fingerprint density at radius 3 is 1.85 bits per heavy atom. The molecule has 0 saturated carbocycles. The van der Waals surface area contributed by atoms with E-state index < -0.39 is 16.1 Å². The quantitative estimate of drug-likeness (QED) is 0.484. The maximum atomic E-state index is 2.59. The van der Waals surface area contributed by atoms with Gasteiger partial charge >= 0.3 is 177 Å². The van der Waals surface area contributed by atoms with Crippen molar-refractivity contribution in [2.24, 2.45) is 5.92 Å². The van der Waals surface area contributed by atoms with E-state index in [-0.39, 0.29) is 9.52 Å². The minimum absolute atomic E-state index is 0.0897. The molecule has 0 N–H and O–H groups in total. The van der Waals surface area contributed by atoms with Crippen LogP contribution in [0.1, 0.15) is 27.7 Å². The number of allylic oxidation sites excluding steroid dienone is 8. The van der Waals surface area contributed by atoms with E-state index in [9.17, 15) is 0 Å². The van der Waals surface area contributed by atoms with Gasteiger partial charge in [0, 0.05) is 0 Å². The van der Waals surface area contributed by atoms with Gasteiger partial charge in [-0.3, -0.25) is 0 Å². The third-order valence-corrected chi connectivity index (χ3v) is 12.6. The zero-order chi connectivity index (χ0) is 20.2. The van der Waals surface area contributed by atoms with Gasteiger partial charge in [0.2, 0.25) is 0 Å². The molecule has 0 nitrogen and oxygen atoms in total. The topological polar surface area (TPSA) is 0 Å². The van der Waals surface area contributed by atoms with E-state index in [1.807, 2.05) is 5.20 Å². The Morgan fingerprint density at radius 1 is 0.962 bits per heavy atom. The Balaban J connectivity index is 2.81. The van der Waals surface area contributed by atoms with Crippen LogP contribution < -0.4 is 0 Å². The van der Waals surface area contributed by atoms with Crippen LogP contribution in [0.2, 0.25) is 57.4 Å². The summed E-state index contributed by atoms with van der Waals surface area (Å²) in [4.78, 5) is 0. The fraction of sp³-hybridized carbons (Fsp3) is 0.636. The molecule has 0 heterocycles. The summed E-state index contributed by atoms with van der Waals surface area (Å²) >= 11 is 2.49. The molecule has 0 amide bonds. The molecule has 0 saturated heterocycles. The van der Waals surface area contributed by atoms with Crippen LogP contribution in [-0.4, -0.2) is 43.4 Å². The monoisotopic (exact) mass is 394 g/mol. The summed E-state index contributed by atoms with van der Waals surface area (Å²) in [6.45, 7) is 27.5. The third kappa shape index (κ3) is 3.98. The van der Waals surface area contributed by atoms with Crippen molar-refractivity contribution in [1.82, 2.24) is 0 Å². The van der Waals surface area contributed by atoms with Crippen molar-refractivity contribution < 1.29 is 0 Å². The van der Waals surface area contributed by atoms with Gasteiger partial charge < -0.3 is 0 Å². The van der Waals surface area contributed by atoms with Crippen molar-refractivity contribution in [2.45, 2.75) is 85.1 Å². The van der Waals surface area contributed by atoms with Gasteiger partial charge in [0.25, 0.3) is 0 Å². The summed E-state index contributed by atoms with van der Waals surface area (Å²) in [5.41, 5.74) is 10.8. The third-order valence-electron chi connectivity index (χ3n) is 6.75. The predicted molar refractivity (Wildman–Crippen MR) is 130 cm³/mol. The first kappa shape index (κ1) is 22.5. The van der Waals surface area contributed by atoms with Gasteiger partial charge in [-0.2, -0.15) is 0 Å². The van der Waals surface area contributed by atoms with Crippen LogP contribution in [-0.2, 0) is 0 Å². The Morgan fingerprint density at radius 2 is 1.50 bits per heavy atom. The normalized spacial score (nSPS) is 25.9. The molecule has 26 heavy (non-hydrogen) atoms. The molecule has 4 heteroatoms. The molecule has 2 unspecified atom stereocenters. The van der Waals surface area contributed by atoms with Crippen molar-refractivity contribution >= 4 is 43.4 Å². The van der Waals surface area contributed by atoms with Crippen molar-refractivity contribution in [3.8, 4) is 0 Å². The summed E-state index contributed by atoms with van der Waals surface area (Å²) in [5, 5.41) is 1.92. The molecule has 0 fully saturated rings. The van der Waals surface area contributed by atoms with E-state index in [1.54, 1.807) is 37.7 Å². The predicted octanol–water partition coefficient (Wildman–Crippen LogP) is 6.24. The summed E-state index contributed by atoms with van der Waals surface area (Å²) < 4.78 is 1.77. The molecule has 0 spiro atoms. The van der Waals surface area contributed by atoms with Crippen LogP contribution in [0.4, 0.5) is 0 Å². The molecule has 0 aromatic carbocycles. The van der Waals surface area contributed by atoms with Crippen LogP contribution in [0.15, 0.2) is 42.9 Å². The fourth-order valence-corrected chi connectivity index (χ4v) is 12.9. The van der Waals surface area contributed by atoms with E-state index in [1.165, 1.54) is 6.04 Å². The van der Waals surface area contributed by atoms with Gasteiger partial charge in [-0.1, -0.05) is 0 Å². The van der Waals surface area contributed by atoms with Gasteiger partial charge in [0.15, 0.2) is 0 Å². The van der Waals surface area contributed by atoms with Crippen LogP contribution >= 0.6 is 0 Å². The zero-order valence-corrected chi connectivity index (χ0v) is 23.0. The Bertz CT molecular complexity index is 736. The first-order valence-corrected chi connectivity index (χ1v) is 20.0. The SMILES string of the molecule is [Li][C]1=C(C[Si](C)(C)C)C(C2=C(C)C(C)=C(C)C2C)=C([Si](C)(C)C)C1[SiH2]C. The summed E-state index contributed by atoms with van der Waals surface area (Å²) in [5.74, 6) is 0.595. The van der Waals surface area contributed by atoms with Crippen LogP contribution in [0.3, 0.4) is 0 Å². The molecule has 0 bridgehead atoms. The molecule has 140 valence electrons. The van der Waals surface area contributed by atoms with E-state index >= 15 is 0 Å². The van der Waals surface area contributed by atoms with Gasteiger partial charge in [0.1, 0.15) is 0 Å². The molecule has 0 radical (unpaired) electrons. The summed E-state index contributed by atoms with van der Waals surface area (Å²) in [6.07, 6.45) is 0. The number of rotatable bonds is 5. The zero-order valence-electron chi connectivity index (χ0n) is 19.6. The minimum atomic E-state index is -1.37. The molecule has 0 aliphatic heterocycles. The molecular formula is C22H39LiSi3. The van der Waals surface area contributed by atoms with Crippen LogP contribution in [0.25, 0.3) is 0 Å². The van der Waals surface area contributed by atoms with Crippen LogP contribution in [0, 0.1) is 5.92 Å². The maximum absolute atomic E-state index is 2.59. The summed E-state index contributed by atoms with van der Waals surface area (Å²) in [6, 6.07) is 1.36. The first-order chi connectivity index (χ1) is 11.7. The second-order valence-electron chi connectivity index (χ2n) is 11.0. The van der Waals surface area contributed by atoms with Gasteiger partial charge in [-0.15, -0.1) is 0 Å². The van der Waals surface area contributed by atoms with E-state index in [0.29, 0.717) is 5.92 Å². The Labute approximate surface area is 176 Å². The molecule has 0 aromatic rings. The average molecular weight is 395 g/mol. The van der Waals surface area contributed by atoms with Gasteiger partial charge in [-0.05, 0) is 0 Å². The Hall–Kier alpha value is 0.208. The Kier molecular flexibility index (Phi) is 6.54. The summed E-state index contributed by atoms with van der Waals surface area (Å²) in [7, 11) is -2.62. The van der Waals surface area contributed by atoms with E-state index in [2.05, 4.69) is 91.2 Å². The second kappa shape index (κ2) is 7.56. The molecule has 2 atom stereocenters. The second-order valence-corrected chi connectivity index (χ2v) is 23.1. The molecule has 2 rings (SSSR count). The number of hydrogen-bond donors (Lipinski definition) is 0. The standard InChI is InChI=1S/C22H39Si3.Li/c1-14-15(2)17(4)20(16(14)3)21-18(13-24(6,7)8)12-19(23-5)22(21)25(9,10)11;/h16,19H,13,23H2,1-11H3;. The fourth-order valence-electron chi connectivity index (χ4n) is 5.20. The first-order valence-electron chi connectivity index (χ1n) is 10.6.